The van der Waals surface area contributed by atoms with Crippen molar-refractivity contribution in [2.24, 2.45) is 0 Å². The quantitative estimate of drug-likeness (QED) is 0.796. The maximum Gasteiger partial charge on any atom is 0.194 e. The van der Waals surface area contributed by atoms with Crippen LogP contribution < -0.4 is 0 Å². The Kier molecular flexibility index (Phi) is 3.48. The van der Waals surface area contributed by atoms with Gasteiger partial charge in [0.2, 0.25) is 0 Å². The van der Waals surface area contributed by atoms with Gasteiger partial charge in [0.25, 0.3) is 0 Å². The van der Waals surface area contributed by atoms with Gasteiger partial charge in [-0.2, -0.15) is 0 Å². The molecular formula is C14H13BrO2. The molecule has 17 heavy (non-hydrogen) atoms. The number of ketones is 1. The van der Waals surface area contributed by atoms with E-state index in [0.29, 0.717) is 12.2 Å². The molecule has 0 spiro atoms. The number of benzene rings is 1. The highest BCUT2D eigenvalue weighted by molar-refractivity contribution is 9.10. The lowest BCUT2D eigenvalue weighted by Crippen LogP contribution is -1.91. The summed E-state index contributed by atoms with van der Waals surface area (Å²) in [6, 6.07) is 9.74. The highest BCUT2D eigenvalue weighted by Crippen LogP contribution is 2.20. The molecule has 0 unspecified atom stereocenters. The van der Waals surface area contributed by atoms with Crippen molar-refractivity contribution in [1.29, 1.82) is 0 Å². The van der Waals surface area contributed by atoms with Crippen LogP contribution in [-0.2, 0) is 6.42 Å². The molecular weight excluding hydrogens is 280 g/mol. The maximum absolute atomic E-state index is 11.1. The zero-order valence-corrected chi connectivity index (χ0v) is 11.4. The molecule has 2 aromatic rings. The maximum atomic E-state index is 11.1. The van der Waals surface area contributed by atoms with E-state index in [2.05, 4.69) is 35.0 Å². The summed E-state index contributed by atoms with van der Waals surface area (Å²) in [6.45, 7) is 3.57. The summed E-state index contributed by atoms with van der Waals surface area (Å²) in [5.41, 5.74) is 2.41. The Labute approximate surface area is 109 Å². The molecule has 0 saturated heterocycles. The molecule has 1 heterocycles. The predicted octanol–water partition coefficient (Wildman–Crippen LogP) is 4.14. The van der Waals surface area contributed by atoms with Crippen molar-refractivity contribution in [3.63, 3.8) is 0 Å². The lowest BCUT2D eigenvalue weighted by molar-refractivity contribution is 0.0985. The lowest BCUT2D eigenvalue weighted by Gasteiger charge is -2.04. The number of rotatable bonds is 3. The molecule has 3 heteroatoms. The SMILES string of the molecule is CC(=O)c1ccc(Cc2cc(Br)ccc2C)o1. The van der Waals surface area contributed by atoms with E-state index in [-0.39, 0.29) is 5.78 Å². The van der Waals surface area contributed by atoms with Gasteiger partial charge in [-0.05, 0) is 42.3 Å². The zero-order valence-electron chi connectivity index (χ0n) is 9.79. The van der Waals surface area contributed by atoms with Gasteiger partial charge in [-0.25, -0.2) is 0 Å². The summed E-state index contributed by atoms with van der Waals surface area (Å²) in [5, 5.41) is 0. The topological polar surface area (TPSA) is 30.2 Å². The summed E-state index contributed by atoms with van der Waals surface area (Å²) in [7, 11) is 0. The Bertz CT molecular complexity index is 555. The highest BCUT2D eigenvalue weighted by atomic mass is 79.9. The number of halogens is 1. The Morgan fingerprint density at radius 1 is 1.29 bits per heavy atom. The van der Waals surface area contributed by atoms with Crippen LogP contribution in [0.4, 0.5) is 0 Å². The summed E-state index contributed by atoms with van der Waals surface area (Å²) >= 11 is 3.45. The van der Waals surface area contributed by atoms with Crippen LogP contribution in [0.15, 0.2) is 39.2 Å². The first-order chi connectivity index (χ1) is 8.06. The second-order valence-corrected chi connectivity index (χ2v) is 4.99. The Balaban J connectivity index is 2.25. The number of hydrogen-bond acceptors (Lipinski definition) is 2. The third-order valence-electron chi connectivity index (χ3n) is 2.68. The Morgan fingerprint density at radius 2 is 2.06 bits per heavy atom. The van der Waals surface area contributed by atoms with Crippen LogP contribution in [0.1, 0.15) is 34.4 Å². The van der Waals surface area contributed by atoms with Crippen LogP contribution in [0.5, 0.6) is 0 Å². The van der Waals surface area contributed by atoms with E-state index in [1.54, 1.807) is 6.07 Å². The third kappa shape index (κ3) is 2.86. The molecule has 0 aliphatic carbocycles. The lowest BCUT2D eigenvalue weighted by atomic mass is 10.1. The summed E-state index contributed by atoms with van der Waals surface area (Å²) in [6.07, 6.45) is 0.707. The van der Waals surface area contributed by atoms with E-state index in [1.165, 1.54) is 18.1 Å². The van der Waals surface area contributed by atoms with Crippen molar-refractivity contribution < 1.29 is 9.21 Å². The van der Waals surface area contributed by atoms with E-state index in [1.807, 2.05) is 12.1 Å². The summed E-state index contributed by atoms with van der Waals surface area (Å²) < 4.78 is 6.53. The molecule has 0 bridgehead atoms. The number of Topliss-reactive ketones (excluding diaryl/α,β-unsaturated/α-hetero) is 1. The van der Waals surface area contributed by atoms with Crippen molar-refractivity contribution in [2.45, 2.75) is 20.3 Å². The minimum Gasteiger partial charge on any atom is -0.458 e. The highest BCUT2D eigenvalue weighted by Gasteiger charge is 2.08. The number of furan rings is 1. The smallest absolute Gasteiger partial charge is 0.194 e. The van der Waals surface area contributed by atoms with E-state index in [4.69, 9.17) is 4.42 Å². The van der Waals surface area contributed by atoms with Crippen LogP contribution in [0.25, 0.3) is 0 Å². The fourth-order valence-corrected chi connectivity index (χ4v) is 2.09. The summed E-state index contributed by atoms with van der Waals surface area (Å²) in [5.74, 6) is 1.20. The van der Waals surface area contributed by atoms with E-state index in [0.717, 1.165) is 10.2 Å². The van der Waals surface area contributed by atoms with Crippen molar-refractivity contribution in [3.8, 4) is 0 Å². The first-order valence-corrected chi connectivity index (χ1v) is 6.20. The molecule has 0 N–H and O–H groups in total. The molecule has 2 nitrogen and oxygen atoms in total. The molecule has 0 atom stereocenters. The van der Waals surface area contributed by atoms with Crippen molar-refractivity contribution in [3.05, 3.63) is 57.5 Å². The van der Waals surface area contributed by atoms with Gasteiger partial charge in [-0.1, -0.05) is 22.0 Å². The third-order valence-corrected chi connectivity index (χ3v) is 3.18. The number of hydrogen-bond donors (Lipinski definition) is 0. The van der Waals surface area contributed by atoms with Crippen molar-refractivity contribution in [2.75, 3.05) is 0 Å². The zero-order chi connectivity index (χ0) is 12.4. The molecule has 0 aliphatic rings. The largest absolute Gasteiger partial charge is 0.458 e. The van der Waals surface area contributed by atoms with Gasteiger partial charge >= 0.3 is 0 Å². The van der Waals surface area contributed by atoms with Gasteiger partial charge in [0, 0.05) is 17.8 Å². The molecule has 0 aliphatic heterocycles. The molecule has 88 valence electrons. The van der Waals surface area contributed by atoms with Gasteiger partial charge < -0.3 is 4.42 Å². The molecule has 0 saturated carbocycles. The Hall–Kier alpha value is -1.35. The van der Waals surface area contributed by atoms with Gasteiger partial charge in [-0.15, -0.1) is 0 Å². The molecule has 0 radical (unpaired) electrons. The first kappa shape index (κ1) is 12.1. The van der Waals surface area contributed by atoms with Crippen molar-refractivity contribution >= 4 is 21.7 Å². The minimum absolute atomic E-state index is 0.0396. The van der Waals surface area contributed by atoms with Crippen LogP contribution in [0.2, 0.25) is 0 Å². The van der Waals surface area contributed by atoms with Crippen LogP contribution in [0.3, 0.4) is 0 Å². The minimum atomic E-state index is -0.0396. The molecule has 2 rings (SSSR count). The fourth-order valence-electron chi connectivity index (χ4n) is 1.68. The van der Waals surface area contributed by atoms with Crippen LogP contribution >= 0.6 is 15.9 Å². The molecule has 1 aromatic carbocycles. The number of carbonyl (C=O) groups is 1. The first-order valence-electron chi connectivity index (χ1n) is 5.41. The average molecular weight is 293 g/mol. The number of carbonyl (C=O) groups excluding carboxylic acids is 1. The van der Waals surface area contributed by atoms with Gasteiger partial charge in [-0.3, -0.25) is 4.79 Å². The Morgan fingerprint density at radius 3 is 2.71 bits per heavy atom. The molecule has 0 fully saturated rings. The van der Waals surface area contributed by atoms with E-state index < -0.39 is 0 Å². The predicted molar refractivity (Wildman–Crippen MR) is 70.4 cm³/mol. The van der Waals surface area contributed by atoms with Crippen molar-refractivity contribution in [1.82, 2.24) is 0 Å². The second-order valence-electron chi connectivity index (χ2n) is 4.07. The molecule has 0 amide bonds. The standard InChI is InChI=1S/C14H13BrO2/c1-9-3-4-12(15)7-11(9)8-13-5-6-14(17-13)10(2)16/h3-7H,8H2,1-2H3. The van der Waals surface area contributed by atoms with Gasteiger partial charge in [0.1, 0.15) is 5.76 Å². The van der Waals surface area contributed by atoms with Gasteiger partial charge in [0.05, 0.1) is 0 Å². The van der Waals surface area contributed by atoms with Crippen LogP contribution in [0, 0.1) is 6.92 Å². The average Bonchev–Trinajstić information content (AvgIpc) is 2.72. The summed E-state index contributed by atoms with van der Waals surface area (Å²) in [4.78, 5) is 11.1. The normalized spacial score (nSPS) is 10.5. The van der Waals surface area contributed by atoms with Gasteiger partial charge in [0.15, 0.2) is 11.5 Å². The monoisotopic (exact) mass is 292 g/mol. The number of aryl methyl sites for hydroxylation is 1. The van der Waals surface area contributed by atoms with E-state index in [9.17, 15) is 4.79 Å². The van der Waals surface area contributed by atoms with E-state index >= 15 is 0 Å². The van der Waals surface area contributed by atoms with Crippen LogP contribution in [-0.4, -0.2) is 5.78 Å². The second kappa shape index (κ2) is 4.88. The fraction of sp³-hybridized carbons (Fsp3) is 0.214. The molecule has 1 aromatic heterocycles.